The molecule has 0 heterocycles. The summed E-state index contributed by atoms with van der Waals surface area (Å²) in [6.45, 7) is 0.606. The Morgan fingerprint density at radius 1 is 1.18 bits per heavy atom. The fraction of sp³-hybridized carbons (Fsp3) is 0.188. The normalized spacial score (nSPS) is 10.2. The maximum absolute atomic E-state index is 13.1. The van der Waals surface area contributed by atoms with Crippen LogP contribution in [0.4, 0.5) is 15.8 Å². The maximum Gasteiger partial charge on any atom is 0.171 e. The van der Waals surface area contributed by atoms with Crippen molar-refractivity contribution in [1.82, 2.24) is 5.32 Å². The maximum atomic E-state index is 13.1. The zero-order chi connectivity index (χ0) is 16.1. The Morgan fingerprint density at radius 2 is 1.86 bits per heavy atom. The van der Waals surface area contributed by atoms with Crippen LogP contribution < -0.4 is 15.5 Å². The molecule has 0 aromatic heterocycles. The standard InChI is InChI=1S/C16H17ClFN3S/c1-21(2)13-6-3-11(4-7-13)10-19-16(22)20-12-5-8-15(18)14(17)9-12/h3-9H,10H2,1-2H3,(H2,19,20,22). The molecule has 0 amide bonds. The Hall–Kier alpha value is -1.85. The number of nitrogens with one attached hydrogen (secondary N) is 2. The zero-order valence-electron chi connectivity index (χ0n) is 12.4. The quantitative estimate of drug-likeness (QED) is 0.824. The average molecular weight is 338 g/mol. The van der Waals surface area contributed by atoms with Crippen molar-refractivity contribution in [1.29, 1.82) is 0 Å². The first kappa shape index (κ1) is 16.5. The van der Waals surface area contributed by atoms with Gasteiger partial charge in [-0.05, 0) is 48.1 Å². The topological polar surface area (TPSA) is 27.3 Å². The molecule has 3 nitrogen and oxygen atoms in total. The van der Waals surface area contributed by atoms with Gasteiger partial charge in [-0.15, -0.1) is 0 Å². The van der Waals surface area contributed by atoms with Crippen LogP contribution in [-0.4, -0.2) is 19.2 Å². The SMILES string of the molecule is CN(C)c1ccc(CNC(=S)Nc2ccc(F)c(Cl)c2)cc1. The summed E-state index contributed by atoms with van der Waals surface area (Å²) in [5, 5.41) is 6.59. The molecule has 0 radical (unpaired) electrons. The van der Waals surface area contributed by atoms with Gasteiger partial charge in [-0.1, -0.05) is 23.7 Å². The van der Waals surface area contributed by atoms with Gasteiger partial charge in [0.15, 0.2) is 5.11 Å². The highest BCUT2D eigenvalue weighted by Gasteiger charge is 2.03. The van der Waals surface area contributed by atoms with Gasteiger partial charge in [0, 0.05) is 32.0 Å². The predicted molar refractivity (Wildman–Crippen MR) is 95.2 cm³/mol. The van der Waals surface area contributed by atoms with Crippen molar-refractivity contribution in [3.63, 3.8) is 0 Å². The van der Waals surface area contributed by atoms with Crippen molar-refractivity contribution < 1.29 is 4.39 Å². The van der Waals surface area contributed by atoms with Crippen molar-refractivity contribution in [3.8, 4) is 0 Å². The fourth-order valence-corrected chi connectivity index (χ4v) is 2.21. The van der Waals surface area contributed by atoms with Crippen LogP contribution in [0, 0.1) is 5.82 Å². The Balaban J connectivity index is 1.88. The van der Waals surface area contributed by atoms with E-state index in [0.29, 0.717) is 17.3 Å². The second-order valence-electron chi connectivity index (χ2n) is 5.00. The number of thiocarbonyl (C=S) groups is 1. The lowest BCUT2D eigenvalue weighted by molar-refractivity contribution is 0.628. The summed E-state index contributed by atoms with van der Waals surface area (Å²) < 4.78 is 13.1. The molecule has 2 N–H and O–H groups in total. The summed E-state index contributed by atoms with van der Waals surface area (Å²) in [4.78, 5) is 2.04. The number of halogens is 2. The summed E-state index contributed by atoms with van der Waals surface area (Å²) in [5.74, 6) is -0.452. The Kier molecular flexibility index (Phi) is 5.57. The van der Waals surface area contributed by atoms with Crippen molar-refractivity contribution in [3.05, 3.63) is 58.9 Å². The minimum absolute atomic E-state index is 0.0621. The molecule has 0 aliphatic carbocycles. The second kappa shape index (κ2) is 7.42. The monoisotopic (exact) mass is 337 g/mol. The van der Waals surface area contributed by atoms with E-state index >= 15 is 0 Å². The molecule has 22 heavy (non-hydrogen) atoms. The molecule has 116 valence electrons. The van der Waals surface area contributed by atoms with Crippen LogP contribution in [0.1, 0.15) is 5.56 Å². The van der Waals surface area contributed by atoms with Gasteiger partial charge in [-0.25, -0.2) is 4.39 Å². The first-order valence-electron chi connectivity index (χ1n) is 6.72. The molecule has 2 aromatic carbocycles. The van der Waals surface area contributed by atoms with Gasteiger partial charge in [0.2, 0.25) is 0 Å². The van der Waals surface area contributed by atoms with Gasteiger partial charge in [0.1, 0.15) is 5.82 Å². The van der Waals surface area contributed by atoms with E-state index in [9.17, 15) is 4.39 Å². The average Bonchev–Trinajstić information content (AvgIpc) is 2.49. The second-order valence-corrected chi connectivity index (χ2v) is 5.81. The summed E-state index contributed by atoms with van der Waals surface area (Å²) in [6, 6.07) is 12.6. The number of nitrogens with zero attached hydrogens (tertiary/aromatic N) is 1. The van der Waals surface area contributed by atoms with Gasteiger partial charge < -0.3 is 15.5 Å². The number of hydrogen-bond donors (Lipinski definition) is 2. The number of benzene rings is 2. The largest absolute Gasteiger partial charge is 0.378 e. The van der Waals surface area contributed by atoms with Gasteiger partial charge in [-0.3, -0.25) is 0 Å². The molecule has 0 bridgehead atoms. The predicted octanol–water partition coefficient (Wildman–Crippen LogP) is 4.03. The van der Waals surface area contributed by atoms with Crippen molar-refractivity contribution in [2.45, 2.75) is 6.54 Å². The number of anilines is 2. The molecular formula is C16H17ClFN3S. The molecule has 2 rings (SSSR count). The third-order valence-corrected chi connectivity index (χ3v) is 3.62. The minimum Gasteiger partial charge on any atom is -0.378 e. The van der Waals surface area contributed by atoms with Gasteiger partial charge in [0.25, 0.3) is 0 Å². The summed E-state index contributed by atoms with van der Waals surface area (Å²) in [6.07, 6.45) is 0. The van der Waals surface area contributed by atoms with Gasteiger partial charge >= 0.3 is 0 Å². The molecule has 2 aromatic rings. The molecule has 0 saturated heterocycles. The third-order valence-electron chi connectivity index (χ3n) is 3.08. The molecule has 0 aliphatic rings. The summed E-state index contributed by atoms with van der Waals surface area (Å²) in [5.41, 5.74) is 2.91. The highest BCUT2D eigenvalue weighted by atomic mass is 35.5. The molecule has 6 heteroatoms. The molecule has 0 unspecified atom stereocenters. The van der Waals surface area contributed by atoms with Crippen LogP contribution >= 0.6 is 23.8 Å². The van der Waals surface area contributed by atoms with E-state index < -0.39 is 5.82 Å². The van der Waals surface area contributed by atoms with Crippen molar-refractivity contribution in [2.75, 3.05) is 24.3 Å². The van der Waals surface area contributed by atoms with Crippen LogP contribution in [0.25, 0.3) is 0 Å². The molecule has 0 saturated carbocycles. The van der Waals surface area contributed by atoms with E-state index in [-0.39, 0.29) is 5.02 Å². The Labute approximate surface area is 140 Å². The van der Waals surface area contributed by atoms with Crippen LogP contribution in [0.2, 0.25) is 5.02 Å². The molecule has 0 atom stereocenters. The van der Waals surface area contributed by atoms with Crippen LogP contribution in [0.15, 0.2) is 42.5 Å². The lowest BCUT2D eigenvalue weighted by atomic mass is 10.2. The van der Waals surface area contributed by atoms with E-state index in [1.165, 1.54) is 12.1 Å². The Morgan fingerprint density at radius 3 is 2.45 bits per heavy atom. The highest BCUT2D eigenvalue weighted by molar-refractivity contribution is 7.80. The van der Waals surface area contributed by atoms with E-state index in [2.05, 4.69) is 10.6 Å². The van der Waals surface area contributed by atoms with E-state index in [0.717, 1.165) is 11.3 Å². The lowest BCUT2D eigenvalue weighted by Crippen LogP contribution is -2.27. The van der Waals surface area contributed by atoms with E-state index in [4.69, 9.17) is 23.8 Å². The first-order chi connectivity index (χ1) is 10.5. The van der Waals surface area contributed by atoms with Crippen molar-refractivity contribution in [2.24, 2.45) is 0 Å². The minimum atomic E-state index is -0.452. The zero-order valence-corrected chi connectivity index (χ0v) is 13.9. The third kappa shape index (κ3) is 4.58. The van der Waals surface area contributed by atoms with Crippen LogP contribution in [0.5, 0.6) is 0 Å². The van der Waals surface area contributed by atoms with Crippen molar-refractivity contribution >= 4 is 40.3 Å². The summed E-state index contributed by atoms with van der Waals surface area (Å²) in [7, 11) is 4.00. The van der Waals surface area contributed by atoms with E-state index in [1.807, 2.05) is 43.3 Å². The van der Waals surface area contributed by atoms with Crippen LogP contribution in [-0.2, 0) is 6.54 Å². The molecule has 0 aliphatic heterocycles. The van der Waals surface area contributed by atoms with Gasteiger partial charge in [0.05, 0.1) is 5.02 Å². The Bertz CT molecular complexity index is 659. The molecule has 0 spiro atoms. The fourth-order valence-electron chi connectivity index (χ4n) is 1.84. The number of rotatable bonds is 4. The lowest BCUT2D eigenvalue weighted by Gasteiger charge is -2.14. The van der Waals surface area contributed by atoms with E-state index in [1.54, 1.807) is 6.07 Å². The van der Waals surface area contributed by atoms with Gasteiger partial charge in [-0.2, -0.15) is 0 Å². The smallest absolute Gasteiger partial charge is 0.171 e. The first-order valence-corrected chi connectivity index (χ1v) is 7.50. The van der Waals surface area contributed by atoms with Crippen LogP contribution in [0.3, 0.4) is 0 Å². The molecule has 0 fully saturated rings. The number of hydrogen-bond acceptors (Lipinski definition) is 2. The molecular weight excluding hydrogens is 321 g/mol. The highest BCUT2D eigenvalue weighted by Crippen LogP contribution is 2.19. The summed E-state index contributed by atoms with van der Waals surface area (Å²) >= 11 is 10.9.